The summed E-state index contributed by atoms with van der Waals surface area (Å²) in [5.74, 6) is 0.172. The van der Waals surface area contributed by atoms with E-state index in [1.807, 2.05) is 11.0 Å². The Morgan fingerprint density at radius 3 is 3.00 bits per heavy atom. The summed E-state index contributed by atoms with van der Waals surface area (Å²) in [5, 5.41) is 9.27. The van der Waals surface area contributed by atoms with Crippen molar-refractivity contribution in [3.05, 3.63) is 22.8 Å². The molecule has 0 spiro atoms. The summed E-state index contributed by atoms with van der Waals surface area (Å²) in [5.41, 5.74) is 0.362. The summed E-state index contributed by atoms with van der Waals surface area (Å²) in [6.45, 7) is 2.22. The van der Waals surface area contributed by atoms with Gasteiger partial charge in [-0.3, -0.25) is 4.79 Å². The van der Waals surface area contributed by atoms with Gasteiger partial charge in [-0.25, -0.2) is 4.98 Å². The maximum atomic E-state index is 11.6. The molecule has 0 N–H and O–H groups in total. The molecule has 0 atom stereocenters. The van der Waals surface area contributed by atoms with E-state index in [1.54, 1.807) is 13.0 Å². The summed E-state index contributed by atoms with van der Waals surface area (Å²) in [6, 6.07) is 3.82. The number of aromatic nitrogens is 1. The zero-order chi connectivity index (χ0) is 13.8. The maximum absolute atomic E-state index is 11.6. The summed E-state index contributed by atoms with van der Waals surface area (Å²) in [7, 11) is 0. The minimum absolute atomic E-state index is 0.111. The van der Waals surface area contributed by atoms with E-state index in [4.69, 9.17) is 21.6 Å². The van der Waals surface area contributed by atoms with Gasteiger partial charge in [-0.2, -0.15) is 5.26 Å². The van der Waals surface area contributed by atoms with Crippen LogP contribution in [0.25, 0.3) is 0 Å². The number of carbonyl (C=O) groups excluding carboxylic acids is 1. The molecule has 1 aromatic heterocycles. The summed E-state index contributed by atoms with van der Waals surface area (Å²) in [6.07, 6.45) is 3.52. The van der Waals surface area contributed by atoms with Crippen LogP contribution >= 0.6 is 11.6 Å². The van der Waals surface area contributed by atoms with Gasteiger partial charge in [0.1, 0.15) is 23.5 Å². The second-order valence-electron chi connectivity index (χ2n) is 4.27. The highest BCUT2D eigenvalue weighted by Gasteiger charge is 2.33. The number of pyridine rings is 1. The van der Waals surface area contributed by atoms with Gasteiger partial charge in [0, 0.05) is 12.2 Å². The lowest BCUT2D eigenvalue weighted by molar-refractivity contribution is -0.141. The van der Waals surface area contributed by atoms with Gasteiger partial charge in [-0.05, 0) is 25.8 Å². The van der Waals surface area contributed by atoms with Gasteiger partial charge < -0.3 is 9.64 Å². The average Bonchev–Trinajstić information content (AvgIpc) is 3.21. The van der Waals surface area contributed by atoms with Crippen LogP contribution in [0, 0.1) is 11.3 Å². The number of ether oxygens (including phenoxy) is 1. The van der Waals surface area contributed by atoms with Crippen molar-refractivity contribution in [1.82, 2.24) is 4.98 Å². The Bertz CT molecular complexity index is 523. The smallest absolute Gasteiger partial charge is 0.325 e. The van der Waals surface area contributed by atoms with E-state index in [0.29, 0.717) is 23.0 Å². The highest BCUT2D eigenvalue weighted by atomic mass is 35.5. The Labute approximate surface area is 116 Å². The van der Waals surface area contributed by atoms with Gasteiger partial charge in [0.2, 0.25) is 0 Å². The molecule has 0 aromatic carbocycles. The van der Waals surface area contributed by atoms with Crippen LogP contribution < -0.4 is 4.90 Å². The lowest BCUT2D eigenvalue weighted by Gasteiger charge is -2.23. The van der Waals surface area contributed by atoms with Crippen molar-refractivity contribution in [1.29, 1.82) is 5.26 Å². The van der Waals surface area contributed by atoms with Crippen LogP contribution in [0.2, 0.25) is 5.02 Å². The fourth-order valence-electron chi connectivity index (χ4n) is 1.83. The Balaban J connectivity index is 2.25. The van der Waals surface area contributed by atoms with Crippen LogP contribution in [0.1, 0.15) is 25.3 Å². The molecule has 19 heavy (non-hydrogen) atoms. The number of nitriles is 1. The number of hydrogen-bond acceptors (Lipinski definition) is 5. The lowest BCUT2D eigenvalue weighted by Crippen LogP contribution is -2.33. The van der Waals surface area contributed by atoms with E-state index < -0.39 is 0 Å². The molecule has 1 aliphatic carbocycles. The number of hydrogen-bond donors (Lipinski definition) is 0. The monoisotopic (exact) mass is 279 g/mol. The third-order valence-electron chi connectivity index (χ3n) is 2.86. The van der Waals surface area contributed by atoms with Gasteiger partial charge in [-0.1, -0.05) is 11.6 Å². The molecule has 0 saturated heterocycles. The van der Waals surface area contributed by atoms with Crippen LogP contribution in [0.15, 0.2) is 12.3 Å². The van der Waals surface area contributed by atoms with Crippen LogP contribution in [-0.2, 0) is 9.53 Å². The van der Waals surface area contributed by atoms with Crippen molar-refractivity contribution in [2.75, 3.05) is 18.1 Å². The summed E-state index contributed by atoms with van der Waals surface area (Å²) < 4.78 is 4.95. The highest BCUT2D eigenvalue weighted by Crippen LogP contribution is 2.35. The van der Waals surface area contributed by atoms with E-state index >= 15 is 0 Å². The summed E-state index contributed by atoms with van der Waals surface area (Å²) >= 11 is 6.16. The molecule has 5 nitrogen and oxygen atoms in total. The maximum Gasteiger partial charge on any atom is 0.325 e. The fourth-order valence-corrected chi connectivity index (χ4v) is 2.09. The molecule has 1 heterocycles. The molecule has 0 bridgehead atoms. The standard InChI is InChI=1S/C13H14ClN3O2/c1-2-19-11(18)8-17(10-3-4-10)13-12(14)9(7-15)5-6-16-13/h5-6,10H,2-4,8H2,1H3. The Morgan fingerprint density at radius 1 is 1.68 bits per heavy atom. The Hall–Kier alpha value is -1.80. The van der Waals surface area contributed by atoms with E-state index in [9.17, 15) is 4.79 Å². The third kappa shape index (κ3) is 3.15. The molecule has 6 heteroatoms. The molecule has 2 rings (SSSR count). The van der Waals surface area contributed by atoms with Crippen molar-refractivity contribution in [2.45, 2.75) is 25.8 Å². The molecule has 1 saturated carbocycles. The fraction of sp³-hybridized carbons (Fsp3) is 0.462. The van der Waals surface area contributed by atoms with Crippen LogP contribution in [0.4, 0.5) is 5.82 Å². The van der Waals surface area contributed by atoms with Gasteiger partial charge >= 0.3 is 5.97 Å². The van der Waals surface area contributed by atoms with E-state index in [0.717, 1.165) is 12.8 Å². The van der Waals surface area contributed by atoms with Gasteiger partial charge in [0.15, 0.2) is 0 Å². The minimum Gasteiger partial charge on any atom is -0.465 e. The average molecular weight is 280 g/mol. The van der Waals surface area contributed by atoms with Gasteiger partial charge in [-0.15, -0.1) is 0 Å². The molecule has 1 fully saturated rings. The Morgan fingerprint density at radius 2 is 2.42 bits per heavy atom. The topological polar surface area (TPSA) is 66.2 Å². The molecule has 1 aromatic rings. The number of anilines is 1. The normalized spacial score (nSPS) is 13.7. The zero-order valence-corrected chi connectivity index (χ0v) is 11.4. The van der Waals surface area contributed by atoms with Crippen molar-refractivity contribution >= 4 is 23.4 Å². The van der Waals surface area contributed by atoms with E-state index in [2.05, 4.69) is 4.98 Å². The molecule has 1 aliphatic rings. The highest BCUT2D eigenvalue weighted by molar-refractivity contribution is 6.34. The van der Waals surface area contributed by atoms with Crippen molar-refractivity contribution in [3.63, 3.8) is 0 Å². The van der Waals surface area contributed by atoms with Gasteiger partial charge in [0.25, 0.3) is 0 Å². The number of esters is 1. The number of rotatable bonds is 5. The third-order valence-corrected chi connectivity index (χ3v) is 3.23. The first-order chi connectivity index (χ1) is 9.17. The largest absolute Gasteiger partial charge is 0.465 e. The van der Waals surface area contributed by atoms with Crippen molar-refractivity contribution in [3.8, 4) is 6.07 Å². The number of nitrogens with zero attached hydrogens (tertiary/aromatic N) is 3. The predicted molar refractivity (Wildman–Crippen MR) is 71.0 cm³/mol. The molecule has 100 valence electrons. The molecule has 0 aliphatic heterocycles. The lowest BCUT2D eigenvalue weighted by atomic mass is 10.2. The quantitative estimate of drug-likeness (QED) is 0.773. The first-order valence-corrected chi connectivity index (χ1v) is 6.52. The first kappa shape index (κ1) is 13.6. The van der Waals surface area contributed by atoms with Crippen LogP contribution in [0.5, 0.6) is 0 Å². The Kier molecular flexibility index (Phi) is 4.23. The zero-order valence-electron chi connectivity index (χ0n) is 10.6. The van der Waals surface area contributed by atoms with E-state index in [-0.39, 0.29) is 18.6 Å². The van der Waals surface area contributed by atoms with Gasteiger partial charge in [0.05, 0.1) is 12.2 Å². The molecule has 0 radical (unpaired) electrons. The molecular formula is C13H14ClN3O2. The van der Waals surface area contributed by atoms with Crippen molar-refractivity contribution < 1.29 is 9.53 Å². The minimum atomic E-state index is -0.311. The van der Waals surface area contributed by atoms with Crippen molar-refractivity contribution in [2.24, 2.45) is 0 Å². The second kappa shape index (κ2) is 5.89. The SMILES string of the molecule is CCOC(=O)CN(c1nccc(C#N)c1Cl)C1CC1. The first-order valence-electron chi connectivity index (χ1n) is 6.14. The number of halogens is 1. The molecule has 0 amide bonds. The second-order valence-corrected chi connectivity index (χ2v) is 4.65. The molecular weight excluding hydrogens is 266 g/mol. The summed E-state index contributed by atoms with van der Waals surface area (Å²) in [4.78, 5) is 17.6. The van der Waals surface area contributed by atoms with E-state index in [1.165, 1.54) is 6.20 Å². The predicted octanol–water partition coefficient (Wildman–Crippen LogP) is 2.14. The van der Waals surface area contributed by atoms with Crippen LogP contribution in [0.3, 0.4) is 0 Å². The van der Waals surface area contributed by atoms with Crippen LogP contribution in [-0.4, -0.2) is 30.1 Å². The number of carbonyl (C=O) groups is 1. The molecule has 0 unspecified atom stereocenters.